The lowest BCUT2D eigenvalue weighted by Crippen LogP contribution is -2.12. The second-order valence-corrected chi connectivity index (χ2v) is 7.36. The molecule has 0 saturated heterocycles. The van der Waals surface area contributed by atoms with Gasteiger partial charge in [0.25, 0.3) is 0 Å². The summed E-state index contributed by atoms with van der Waals surface area (Å²) in [5.74, 6) is 0.655. The number of nitrogens with one attached hydrogen (secondary N) is 1. The highest BCUT2D eigenvalue weighted by atomic mass is 32.1. The van der Waals surface area contributed by atoms with Crippen molar-refractivity contribution in [3.05, 3.63) is 35.2 Å². The third kappa shape index (κ3) is 4.09. The SMILES string of the molecule is CC(=O)c1sc(NC(=O)CCC2CCCC2)nc1-c1ccccc1. The fourth-order valence-corrected chi connectivity index (χ4v) is 4.12. The molecule has 5 heteroatoms. The van der Waals surface area contributed by atoms with E-state index >= 15 is 0 Å². The summed E-state index contributed by atoms with van der Waals surface area (Å²) >= 11 is 1.26. The lowest BCUT2D eigenvalue weighted by atomic mass is 10.0. The highest BCUT2D eigenvalue weighted by Gasteiger charge is 2.19. The first-order valence-electron chi connectivity index (χ1n) is 8.50. The summed E-state index contributed by atoms with van der Waals surface area (Å²) in [7, 11) is 0. The van der Waals surface area contributed by atoms with Gasteiger partial charge in [-0.05, 0) is 12.3 Å². The smallest absolute Gasteiger partial charge is 0.226 e. The molecule has 1 amide bonds. The van der Waals surface area contributed by atoms with Gasteiger partial charge in [0.2, 0.25) is 5.91 Å². The molecule has 126 valence electrons. The predicted octanol–water partition coefficient (Wildman–Crippen LogP) is 4.92. The van der Waals surface area contributed by atoms with Crippen LogP contribution in [0.25, 0.3) is 11.3 Å². The number of anilines is 1. The van der Waals surface area contributed by atoms with Gasteiger partial charge >= 0.3 is 0 Å². The summed E-state index contributed by atoms with van der Waals surface area (Å²) in [6.45, 7) is 1.53. The number of benzene rings is 1. The molecule has 24 heavy (non-hydrogen) atoms. The number of hydrogen-bond acceptors (Lipinski definition) is 4. The van der Waals surface area contributed by atoms with E-state index in [0.29, 0.717) is 28.0 Å². The lowest BCUT2D eigenvalue weighted by Gasteiger charge is -2.07. The van der Waals surface area contributed by atoms with Crippen LogP contribution in [0.2, 0.25) is 0 Å². The minimum atomic E-state index is -0.0298. The molecule has 0 unspecified atom stereocenters. The molecule has 1 fully saturated rings. The Hall–Kier alpha value is -2.01. The average molecular weight is 342 g/mol. The number of rotatable bonds is 6. The van der Waals surface area contributed by atoms with Crippen molar-refractivity contribution in [2.45, 2.75) is 45.4 Å². The molecule has 0 atom stereocenters. The van der Waals surface area contributed by atoms with Gasteiger partial charge in [-0.1, -0.05) is 67.4 Å². The molecule has 0 spiro atoms. The highest BCUT2D eigenvalue weighted by molar-refractivity contribution is 7.18. The number of aromatic nitrogens is 1. The van der Waals surface area contributed by atoms with Crippen LogP contribution in [0.3, 0.4) is 0 Å². The summed E-state index contributed by atoms with van der Waals surface area (Å²) in [6, 6.07) is 9.60. The number of hydrogen-bond donors (Lipinski definition) is 1. The Labute approximate surface area is 146 Å². The number of thiazole rings is 1. The van der Waals surface area contributed by atoms with Gasteiger partial charge < -0.3 is 5.32 Å². The van der Waals surface area contributed by atoms with Gasteiger partial charge in [-0.3, -0.25) is 9.59 Å². The first-order chi connectivity index (χ1) is 11.6. The van der Waals surface area contributed by atoms with Crippen LogP contribution in [0.5, 0.6) is 0 Å². The number of carbonyl (C=O) groups is 2. The molecule has 1 saturated carbocycles. The summed E-state index contributed by atoms with van der Waals surface area (Å²) in [6.07, 6.45) is 6.55. The number of nitrogens with zero attached hydrogens (tertiary/aromatic N) is 1. The maximum Gasteiger partial charge on any atom is 0.226 e. The Morgan fingerprint density at radius 2 is 1.92 bits per heavy atom. The Kier molecular flexibility index (Phi) is 5.41. The van der Waals surface area contributed by atoms with Crippen molar-refractivity contribution in [3.63, 3.8) is 0 Å². The second kappa shape index (κ2) is 7.71. The number of ketones is 1. The Balaban J connectivity index is 1.69. The lowest BCUT2D eigenvalue weighted by molar-refractivity contribution is -0.116. The molecule has 1 aliphatic rings. The Morgan fingerprint density at radius 3 is 2.58 bits per heavy atom. The van der Waals surface area contributed by atoms with E-state index in [0.717, 1.165) is 12.0 Å². The summed E-state index contributed by atoms with van der Waals surface area (Å²) in [4.78, 5) is 29.1. The van der Waals surface area contributed by atoms with Crippen LogP contribution < -0.4 is 5.32 Å². The van der Waals surface area contributed by atoms with E-state index in [4.69, 9.17) is 0 Å². The van der Waals surface area contributed by atoms with Crippen molar-refractivity contribution in [1.29, 1.82) is 0 Å². The fraction of sp³-hybridized carbons (Fsp3) is 0.421. The summed E-state index contributed by atoms with van der Waals surface area (Å²) in [5, 5.41) is 3.38. The average Bonchev–Trinajstić information content (AvgIpc) is 3.23. The summed E-state index contributed by atoms with van der Waals surface area (Å²) in [5.41, 5.74) is 1.55. The number of Topliss-reactive ketones (excluding diaryl/α,β-unsaturated/α-hetero) is 1. The minimum Gasteiger partial charge on any atom is -0.302 e. The highest BCUT2D eigenvalue weighted by Crippen LogP contribution is 2.32. The molecule has 3 rings (SSSR count). The first-order valence-corrected chi connectivity index (χ1v) is 9.32. The zero-order chi connectivity index (χ0) is 16.9. The first kappa shape index (κ1) is 16.8. The summed E-state index contributed by atoms with van der Waals surface area (Å²) < 4.78 is 0. The van der Waals surface area contributed by atoms with Gasteiger partial charge in [0.15, 0.2) is 10.9 Å². The van der Waals surface area contributed by atoms with Crippen molar-refractivity contribution in [2.24, 2.45) is 5.92 Å². The number of carbonyl (C=O) groups excluding carboxylic acids is 2. The van der Waals surface area contributed by atoms with Gasteiger partial charge in [-0.2, -0.15) is 0 Å². The molecular formula is C19H22N2O2S. The van der Waals surface area contributed by atoms with Crippen molar-refractivity contribution in [3.8, 4) is 11.3 Å². The van der Waals surface area contributed by atoms with Crippen LogP contribution in [-0.4, -0.2) is 16.7 Å². The molecule has 1 aliphatic carbocycles. The molecule has 1 heterocycles. The molecule has 0 aliphatic heterocycles. The van der Waals surface area contributed by atoms with Gasteiger partial charge in [-0.25, -0.2) is 4.98 Å². The molecule has 1 N–H and O–H groups in total. The molecule has 4 nitrogen and oxygen atoms in total. The van der Waals surface area contributed by atoms with Crippen LogP contribution in [0.1, 0.15) is 55.1 Å². The van der Waals surface area contributed by atoms with E-state index in [1.165, 1.54) is 43.9 Å². The Morgan fingerprint density at radius 1 is 1.21 bits per heavy atom. The zero-order valence-corrected chi connectivity index (χ0v) is 14.7. The van der Waals surface area contributed by atoms with E-state index in [-0.39, 0.29) is 11.7 Å². The van der Waals surface area contributed by atoms with E-state index in [9.17, 15) is 9.59 Å². The number of amides is 1. The fourth-order valence-electron chi connectivity index (χ4n) is 3.22. The van der Waals surface area contributed by atoms with E-state index < -0.39 is 0 Å². The van der Waals surface area contributed by atoms with Crippen molar-refractivity contribution in [2.75, 3.05) is 5.32 Å². The van der Waals surface area contributed by atoms with E-state index in [2.05, 4.69) is 10.3 Å². The van der Waals surface area contributed by atoms with Crippen molar-refractivity contribution in [1.82, 2.24) is 4.98 Å². The monoisotopic (exact) mass is 342 g/mol. The predicted molar refractivity (Wildman–Crippen MR) is 97.4 cm³/mol. The minimum absolute atomic E-state index is 0.00892. The van der Waals surface area contributed by atoms with Gasteiger partial charge in [0.1, 0.15) is 0 Å². The van der Waals surface area contributed by atoms with Crippen LogP contribution in [0.15, 0.2) is 30.3 Å². The molecular weight excluding hydrogens is 320 g/mol. The molecule has 1 aromatic carbocycles. The quantitative estimate of drug-likeness (QED) is 0.758. The van der Waals surface area contributed by atoms with E-state index in [1.807, 2.05) is 30.3 Å². The van der Waals surface area contributed by atoms with Crippen molar-refractivity contribution < 1.29 is 9.59 Å². The van der Waals surface area contributed by atoms with Crippen LogP contribution in [0, 0.1) is 5.92 Å². The zero-order valence-electron chi connectivity index (χ0n) is 13.9. The Bertz CT molecular complexity index is 718. The largest absolute Gasteiger partial charge is 0.302 e. The maximum atomic E-state index is 12.2. The van der Waals surface area contributed by atoms with Crippen LogP contribution >= 0.6 is 11.3 Å². The van der Waals surface area contributed by atoms with Crippen molar-refractivity contribution >= 4 is 28.2 Å². The normalized spacial score (nSPS) is 14.7. The second-order valence-electron chi connectivity index (χ2n) is 6.36. The topological polar surface area (TPSA) is 59.1 Å². The molecule has 1 aromatic heterocycles. The molecule has 2 aromatic rings. The molecule has 0 radical (unpaired) electrons. The van der Waals surface area contributed by atoms with Gasteiger partial charge in [-0.15, -0.1) is 0 Å². The van der Waals surface area contributed by atoms with Gasteiger partial charge in [0.05, 0.1) is 10.6 Å². The maximum absolute atomic E-state index is 12.2. The third-order valence-corrected chi connectivity index (χ3v) is 5.57. The standard InChI is InChI=1S/C19H22N2O2S/c1-13(22)18-17(15-9-3-2-4-10-15)21-19(24-18)20-16(23)12-11-14-7-5-6-8-14/h2-4,9-10,14H,5-8,11-12H2,1H3,(H,20,21,23). The van der Waals surface area contributed by atoms with Gasteiger partial charge in [0, 0.05) is 18.9 Å². The van der Waals surface area contributed by atoms with E-state index in [1.54, 1.807) is 0 Å². The van der Waals surface area contributed by atoms with Crippen LogP contribution in [0.4, 0.5) is 5.13 Å². The van der Waals surface area contributed by atoms with Crippen LogP contribution in [-0.2, 0) is 4.79 Å². The molecule has 0 bridgehead atoms. The third-order valence-electron chi connectivity index (χ3n) is 4.49.